The molecule has 0 saturated carbocycles. The van der Waals surface area contributed by atoms with E-state index in [2.05, 4.69) is 12.2 Å². The minimum atomic E-state index is -1.22. The Hall–Kier alpha value is -1.53. The van der Waals surface area contributed by atoms with Crippen molar-refractivity contribution in [3.63, 3.8) is 0 Å². The second kappa shape index (κ2) is 7.65. The van der Waals surface area contributed by atoms with E-state index >= 15 is 0 Å². The molecule has 1 aliphatic rings. The molecule has 1 amide bonds. The summed E-state index contributed by atoms with van der Waals surface area (Å²) >= 11 is 1.82. The van der Waals surface area contributed by atoms with E-state index in [4.69, 9.17) is 4.74 Å². The smallest absolute Gasteiger partial charge is 0.329 e. The van der Waals surface area contributed by atoms with E-state index in [1.54, 1.807) is 12.1 Å². The van der Waals surface area contributed by atoms with Crippen LogP contribution in [0.25, 0.3) is 0 Å². The highest BCUT2D eigenvalue weighted by molar-refractivity contribution is 7.98. The maximum absolute atomic E-state index is 12.3. The largest absolute Gasteiger partial charge is 0.480 e. The highest BCUT2D eigenvalue weighted by Crippen LogP contribution is 2.22. The van der Waals surface area contributed by atoms with Crippen LogP contribution in [0, 0.1) is 0 Å². The summed E-state index contributed by atoms with van der Waals surface area (Å²) in [4.78, 5) is 23.9. The first-order valence-corrected chi connectivity index (χ1v) is 8.53. The Morgan fingerprint density at radius 3 is 2.45 bits per heavy atom. The van der Waals surface area contributed by atoms with Gasteiger partial charge in [-0.2, -0.15) is 11.8 Å². The van der Waals surface area contributed by atoms with Crippen molar-refractivity contribution in [3.05, 3.63) is 35.4 Å². The van der Waals surface area contributed by atoms with Crippen LogP contribution in [0.2, 0.25) is 0 Å². The van der Waals surface area contributed by atoms with Crippen LogP contribution >= 0.6 is 11.8 Å². The summed E-state index contributed by atoms with van der Waals surface area (Å²) in [6.07, 6.45) is 0.582. The number of rotatable bonds is 6. The highest BCUT2D eigenvalue weighted by Gasteiger charge is 2.41. The molecule has 0 radical (unpaired) electrons. The van der Waals surface area contributed by atoms with Gasteiger partial charge in [-0.15, -0.1) is 0 Å². The van der Waals surface area contributed by atoms with Gasteiger partial charge >= 0.3 is 5.97 Å². The molecule has 1 aliphatic heterocycles. The second-order valence-corrected chi connectivity index (χ2v) is 6.56. The second-order valence-electron chi connectivity index (χ2n) is 5.29. The van der Waals surface area contributed by atoms with Gasteiger partial charge in [0.25, 0.3) is 5.91 Å². The molecule has 2 rings (SSSR count). The molecular formula is C16H21NO4S. The lowest BCUT2D eigenvalue weighted by Gasteiger charge is -2.33. The number of nitrogens with one attached hydrogen (secondary N) is 1. The lowest BCUT2D eigenvalue weighted by atomic mass is 9.89. The Morgan fingerprint density at radius 2 is 1.91 bits per heavy atom. The van der Waals surface area contributed by atoms with E-state index in [-0.39, 0.29) is 5.91 Å². The summed E-state index contributed by atoms with van der Waals surface area (Å²) < 4.78 is 5.20. The molecule has 1 aromatic rings. The molecule has 22 heavy (non-hydrogen) atoms. The molecule has 5 nitrogen and oxygen atoms in total. The molecule has 1 saturated heterocycles. The molecule has 0 spiro atoms. The predicted molar refractivity (Wildman–Crippen MR) is 86.2 cm³/mol. The first-order chi connectivity index (χ1) is 10.6. The van der Waals surface area contributed by atoms with Gasteiger partial charge in [-0.05, 0) is 23.4 Å². The zero-order chi connectivity index (χ0) is 16.0. The number of benzene rings is 1. The van der Waals surface area contributed by atoms with Crippen LogP contribution < -0.4 is 5.32 Å². The number of carbonyl (C=O) groups excluding carboxylic acids is 1. The van der Waals surface area contributed by atoms with Crippen LogP contribution in [0.3, 0.4) is 0 Å². The first-order valence-electron chi connectivity index (χ1n) is 7.38. The summed E-state index contributed by atoms with van der Waals surface area (Å²) in [6.45, 7) is 2.80. The number of carbonyl (C=O) groups is 2. The van der Waals surface area contributed by atoms with Crippen LogP contribution in [-0.2, 0) is 15.3 Å². The van der Waals surface area contributed by atoms with Gasteiger partial charge in [0.1, 0.15) is 5.54 Å². The quantitative estimate of drug-likeness (QED) is 0.840. The summed E-state index contributed by atoms with van der Waals surface area (Å²) in [5.41, 5.74) is 0.422. The minimum Gasteiger partial charge on any atom is -0.480 e. The Bertz CT molecular complexity index is 523. The number of thioether (sulfide) groups is 1. The molecule has 0 aliphatic carbocycles. The molecule has 0 aromatic heterocycles. The van der Waals surface area contributed by atoms with Crippen molar-refractivity contribution in [1.82, 2.24) is 5.32 Å². The van der Waals surface area contributed by atoms with Gasteiger partial charge in [0, 0.05) is 37.4 Å². The van der Waals surface area contributed by atoms with Crippen molar-refractivity contribution in [2.75, 3.05) is 19.0 Å². The number of carboxylic acids is 1. The average Bonchev–Trinajstić information content (AvgIpc) is 2.54. The van der Waals surface area contributed by atoms with Gasteiger partial charge in [-0.3, -0.25) is 4.79 Å². The minimum absolute atomic E-state index is 0.291. The monoisotopic (exact) mass is 323 g/mol. The fourth-order valence-electron chi connectivity index (χ4n) is 2.37. The van der Waals surface area contributed by atoms with Gasteiger partial charge in [0.15, 0.2) is 0 Å². The molecule has 1 heterocycles. The van der Waals surface area contributed by atoms with Crippen molar-refractivity contribution in [3.8, 4) is 0 Å². The van der Waals surface area contributed by atoms with E-state index in [0.717, 1.165) is 17.1 Å². The number of hydrogen-bond acceptors (Lipinski definition) is 4. The first kappa shape index (κ1) is 16.8. The van der Waals surface area contributed by atoms with E-state index in [1.807, 2.05) is 23.9 Å². The van der Waals surface area contributed by atoms with Gasteiger partial charge < -0.3 is 15.2 Å². The molecule has 120 valence electrons. The molecule has 1 aromatic carbocycles. The van der Waals surface area contributed by atoms with Gasteiger partial charge in [-0.1, -0.05) is 19.1 Å². The van der Waals surface area contributed by atoms with Crippen molar-refractivity contribution in [2.24, 2.45) is 0 Å². The van der Waals surface area contributed by atoms with Crippen LogP contribution in [0.4, 0.5) is 0 Å². The standard InChI is InChI=1S/C16H21NO4S/c1-2-22-11-12-3-5-13(6-4-12)14(18)17-16(15(19)20)7-9-21-10-8-16/h3-6H,2,7-11H2,1H3,(H,17,18)(H,19,20). The van der Waals surface area contributed by atoms with Gasteiger partial charge in [-0.25, -0.2) is 4.79 Å². The lowest BCUT2D eigenvalue weighted by molar-refractivity contribution is -0.148. The van der Waals surface area contributed by atoms with Crippen molar-refractivity contribution < 1.29 is 19.4 Å². The molecule has 1 fully saturated rings. The Kier molecular flexibility index (Phi) is 5.85. The average molecular weight is 323 g/mol. The molecule has 6 heteroatoms. The van der Waals surface area contributed by atoms with Gasteiger partial charge in [0.05, 0.1) is 0 Å². The fraction of sp³-hybridized carbons (Fsp3) is 0.500. The molecule has 0 bridgehead atoms. The van der Waals surface area contributed by atoms with Crippen molar-refractivity contribution in [2.45, 2.75) is 31.1 Å². The predicted octanol–water partition coefficient (Wildman–Crippen LogP) is 2.30. The Labute approximate surface area is 134 Å². The Balaban J connectivity index is 2.05. The van der Waals surface area contributed by atoms with E-state index < -0.39 is 11.5 Å². The summed E-state index contributed by atoms with van der Waals surface area (Å²) in [5.74, 6) is 0.611. The number of amides is 1. The van der Waals surface area contributed by atoms with E-state index in [9.17, 15) is 14.7 Å². The topological polar surface area (TPSA) is 75.6 Å². The zero-order valence-electron chi connectivity index (χ0n) is 12.6. The zero-order valence-corrected chi connectivity index (χ0v) is 13.4. The van der Waals surface area contributed by atoms with Crippen LogP contribution in [0.15, 0.2) is 24.3 Å². The summed E-state index contributed by atoms with van der Waals surface area (Å²) in [5, 5.41) is 12.1. The highest BCUT2D eigenvalue weighted by atomic mass is 32.2. The molecule has 0 atom stereocenters. The molecule has 0 unspecified atom stereocenters. The van der Waals surface area contributed by atoms with E-state index in [1.165, 1.54) is 0 Å². The number of carboxylic acid groups (broad SMARTS) is 1. The van der Waals surface area contributed by atoms with Crippen molar-refractivity contribution in [1.29, 1.82) is 0 Å². The number of ether oxygens (including phenoxy) is 1. The van der Waals surface area contributed by atoms with Crippen LogP contribution in [-0.4, -0.2) is 41.5 Å². The SMILES string of the molecule is CCSCc1ccc(C(=O)NC2(C(=O)O)CCOCC2)cc1. The molecule has 2 N–H and O–H groups in total. The van der Waals surface area contributed by atoms with E-state index in [0.29, 0.717) is 31.6 Å². The normalized spacial score (nSPS) is 17.0. The number of aliphatic carboxylic acids is 1. The fourth-order valence-corrected chi connectivity index (χ4v) is 3.01. The lowest BCUT2D eigenvalue weighted by Crippen LogP contribution is -2.57. The third kappa shape index (κ3) is 4.01. The van der Waals surface area contributed by atoms with Crippen molar-refractivity contribution >= 4 is 23.6 Å². The molecular weight excluding hydrogens is 302 g/mol. The maximum atomic E-state index is 12.3. The van der Waals surface area contributed by atoms with Crippen LogP contribution in [0.5, 0.6) is 0 Å². The summed E-state index contributed by atoms with van der Waals surface area (Å²) in [7, 11) is 0. The van der Waals surface area contributed by atoms with Crippen LogP contribution in [0.1, 0.15) is 35.7 Å². The number of hydrogen-bond donors (Lipinski definition) is 2. The Morgan fingerprint density at radius 1 is 1.27 bits per heavy atom. The summed E-state index contributed by atoms with van der Waals surface area (Å²) in [6, 6.07) is 7.31. The third-order valence-corrected chi connectivity index (χ3v) is 4.74. The van der Waals surface area contributed by atoms with Gasteiger partial charge in [0.2, 0.25) is 0 Å². The third-order valence-electron chi connectivity index (χ3n) is 3.80. The maximum Gasteiger partial charge on any atom is 0.329 e.